The van der Waals surface area contributed by atoms with Crippen molar-refractivity contribution in [2.75, 3.05) is 62.0 Å². The first-order valence-electron chi connectivity index (χ1n) is 14.5. The molecular formula is C32H40N8O3. The van der Waals surface area contributed by atoms with E-state index in [1.54, 1.807) is 18.2 Å². The van der Waals surface area contributed by atoms with E-state index in [9.17, 15) is 4.79 Å². The van der Waals surface area contributed by atoms with Crippen LogP contribution in [0.4, 0.5) is 17.1 Å². The minimum Gasteiger partial charge on any atom is -0.494 e. The summed E-state index contributed by atoms with van der Waals surface area (Å²) in [7, 11) is 1.59. The second-order valence-electron chi connectivity index (χ2n) is 10.4. The lowest BCUT2D eigenvalue weighted by atomic mass is 9.97. The molecule has 2 aliphatic heterocycles. The molecule has 0 spiro atoms. The lowest BCUT2D eigenvalue weighted by Crippen LogP contribution is -2.46. The minimum absolute atomic E-state index is 0.125. The van der Waals surface area contributed by atoms with Crippen LogP contribution in [0.2, 0.25) is 0 Å². The minimum atomic E-state index is -0.315. The Kier molecular flexibility index (Phi) is 9.45. The van der Waals surface area contributed by atoms with Crippen LogP contribution in [0.1, 0.15) is 24.9 Å². The van der Waals surface area contributed by atoms with Gasteiger partial charge in [0, 0.05) is 44.7 Å². The van der Waals surface area contributed by atoms with Crippen molar-refractivity contribution >= 4 is 39.6 Å². The van der Waals surface area contributed by atoms with Gasteiger partial charge in [-0.15, -0.1) is 0 Å². The fourth-order valence-electron chi connectivity index (χ4n) is 5.68. The number of nitrogens with zero attached hydrogens (tertiary/aromatic N) is 3. The number of amidine groups is 1. The fraction of sp³-hybridized carbons (Fsp3) is 0.312. The molecule has 2 saturated heterocycles. The molecular weight excluding hydrogens is 544 g/mol. The number of fused-ring (bicyclic) bond motifs is 1. The molecule has 43 heavy (non-hydrogen) atoms. The van der Waals surface area contributed by atoms with E-state index >= 15 is 0 Å². The summed E-state index contributed by atoms with van der Waals surface area (Å²) in [6, 6.07) is 18.0. The number of nitrogens with one attached hydrogen (secondary N) is 4. The highest BCUT2D eigenvalue weighted by atomic mass is 16.7. The Labute approximate surface area is 252 Å². The van der Waals surface area contributed by atoms with Crippen molar-refractivity contribution in [3.63, 3.8) is 0 Å². The number of rotatable bonds is 10. The number of carbonyl (C=O) groups excluding carboxylic acids is 1. The lowest BCUT2D eigenvalue weighted by molar-refractivity contribution is -0.111. The summed E-state index contributed by atoms with van der Waals surface area (Å²) in [5, 5.41) is 19.0. The van der Waals surface area contributed by atoms with E-state index in [1.165, 1.54) is 6.08 Å². The first-order chi connectivity index (χ1) is 20.9. The number of hydrogen-bond donors (Lipinski definition) is 5. The number of piperazine rings is 1. The summed E-state index contributed by atoms with van der Waals surface area (Å²) in [5.74, 6) is 6.64. The van der Waals surface area contributed by atoms with Crippen molar-refractivity contribution in [1.82, 2.24) is 15.4 Å². The highest BCUT2D eigenvalue weighted by Crippen LogP contribution is 2.39. The number of amides is 1. The van der Waals surface area contributed by atoms with Crippen molar-refractivity contribution in [2.24, 2.45) is 5.84 Å². The number of likely N-dealkylation sites (N-methyl/N-ethyl adjacent to an activating group) is 1. The first kappa shape index (κ1) is 29.9. The van der Waals surface area contributed by atoms with Crippen LogP contribution in [0.25, 0.3) is 10.8 Å². The third kappa shape index (κ3) is 6.59. The van der Waals surface area contributed by atoms with Crippen LogP contribution in [-0.2, 0) is 9.63 Å². The monoisotopic (exact) mass is 584 g/mol. The zero-order valence-electron chi connectivity index (χ0n) is 24.7. The number of carbonyl (C=O) groups is 1. The van der Waals surface area contributed by atoms with Gasteiger partial charge in [-0.25, -0.2) is 10.9 Å². The highest BCUT2D eigenvalue weighted by Gasteiger charge is 2.30. The Morgan fingerprint density at radius 2 is 1.88 bits per heavy atom. The smallest absolute Gasteiger partial charge is 0.247 e. The number of hydroxylamine groups is 2. The normalized spacial score (nSPS) is 17.6. The van der Waals surface area contributed by atoms with E-state index in [1.807, 2.05) is 30.3 Å². The predicted molar refractivity (Wildman–Crippen MR) is 172 cm³/mol. The maximum atomic E-state index is 12.4. The number of hydrogen-bond acceptors (Lipinski definition) is 9. The molecule has 2 fully saturated rings. The van der Waals surface area contributed by atoms with Crippen molar-refractivity contribution in [1.29, 1.82) is 5.41 Å². The van der Waals surface area contributed by atoms with E-state index in [0.29, 0.717) is 29.6 Å². The SMILES string of the molecule is C=CC(=O)Nc1cc(N/C(=C/C(=N)N2OCC[C@@H]2c2cccc3ccccc23)NN)c(OC)cc1N1CCN(CC)CC1. The Morgan fingerprint density at radius 3 is 2.60 bits per heavy atom. The van der Waals surface area contributed by atoms with Crippen LogP contribution < -0.4 is 31.5 Å². The molecule has 0 unspecified atom stereocenters. The molecule has 0 aliphatic carbocycles. The zero-order chi connectivity index (χ0) is 30.3. The number of anilines is 3. The van der Waals surface area contributed by atoms with E-state index in [-0.39, 0.29) is 17.8 Å². The third-order valence-electron chi connectivity index (χ3n) is 7.95. The van der Waals surface area contributed by atoms with Gasteiger partial charge >= 0.3 is 0 Å². The number of ether oxygens (including phenoxy) is 1. The molecule has 5 rings (SSSR count). The molecule has 1 atom stereocenters. The second-order valence-corrected chi connectivity index (χ2v) is 10.4. The van der Waals surface area contributed by atoms with Gasteiger partial charge in [-0.3, -0.25) is 15.0 Å². The number of nitrogens with two attached hydrogens (primary N) is 1. The zero-order valence-corrected chi connectivity index (χ0v) is 24.7. The van der Waals surface area contributed by atoms with Crippen LogP contribution in [0.5, 0.6) is 5.75 Å². The average Bonchev–Trinajstić information content (AvgIpc) is 3.54. The Hall–Kier alpha value is -4.58. The maximum absolute atomic E-state index is 12.4. The number of benzene rings is 3. The summed E-state index contributed by atoms with van der Waals surface area (Å²) in [6.45, 7) is 10.8. The summed E-state index contributed by atoms with van der Waals surface area (Å²) >= 11 is 0. The molecule has 2 heterocycles. The largest absolute Gasteiger partial charge is 0.494 e. The van der Waals surface area contributed by atoms with Crippen molar-refractivity contribution < 1.29 is 14.4 Å². The van der Waals surface area contributed by atoms with Gasteiger partial charge in [0.2, 0.25) is 5.91 Å². The van der Waals surface area contributed by atoms with Gasteiger partial charge in [-0.2, -0.15) is 0 Å². The first-order valence-corrected chi connectivity index (χ1v) is 14.5. The molecule has 0 bridgehead atoms. The van der Waals surface area contributed by atoms with Crippen molar-refractivity contribution in [2.45, 2.75) is 19.4 Å². The van der Waals surface area contributed by atoms with E-state index < -0.39 is 0 Å². The summed E-state index contributed by atoms with van der Waals surface area (Å²) in [4.78, 5) is 22.9. The summed E-state index contributed by atoms with van der Waals surface area (Å²) in [6.07, 6.45) is 3.56. The molecule has 0 saturated carbocycles. The van der Waals surface area contributed by atoms with E-state index in [0.717, 1.165) is 61.2 Å². The standard InChI is InChI=1S/C32H40N8O3/c1-4-32(41)36-25-19-26(29(42-3)20-28(25)39-16-14-38(5-2)15-17-39)35-31(37-34)21-30(33)40-27(13-18-43-40)24-12-8-10-22-9-6-7-11-23(22)24/h4,6-12,19-21,27,33,35,37H,1,5,13-18,34H2,2-3H3,(H,36,41)/b31-21-,33-30?/t27-/m1/s1. The van der Waals surface area contributed by atoms with Gasteiger partial charge in [0.1, 0.15) is 17.4 Å². The van der Waals surface area contributed by atoms with Crippen LogP contribution in [0.15, 0.2) is 79.1 Å². The number of hydrazine groups is 1. The molecule has 3 aromatic rings. The third-order valence-corrected chi connectivity index (χ3v) is 7.95. The maximum Gasteiger partial charge on any atom is 0.247 e. The van der Waals surface area contributed by atoms with E-state index in [2.05, 4.69) is 63.6 Å². The Morgan fingerprint density at radius 1 is 1.12 bits per heavy atom. The Bertz CT molecular complexity index is 1510. The van der Waals surface area contributed by atoms with Crippen molar-refractivity contribution in [3.05, 3.63) is 84.7 Å². The van der Waals surface area contributed by atoms with E-state index in [4.69, 9.17) is 20.8 Å². The quantitative estimate of drug-likeness (QED) is 0.0783. The van der Waals surface area contributed by atoms with Crippen LogP contribution in [0.3, 0.4) is 0 Å². The molecule has 11 nitrogen and oxygen atoms in total. The van der Waals surface area contributed by atoms with Gasteiger partial charge in [0.25, 0.3) is 0 Å². The molecule has 3 aromatic carbocycles. The second kappa shape index (κ2) is 13.6. The van der Waals surface area contributed by atoms with Crippen LogP contribution in [0, 0.1) is 5.41 Å². The van der Waals surface area contributed by atoms with Gasteiger partial charge in [-0.1, -0.05) is 56.0 Å². The predicted octanol–water partition coefficient (Wildman–Crippen LogP) is 4.19. The van der Waals surface area contributed by atoms with Crippen molar-refractivity contribution in [3.8, 4) is 5.75 Å². The van der Waals surface area contributed by atoms with Gasteiger partial charge in [0.15, 0.2) is 0 Å². The molecule has 6 N–H and O–H groups in total. The van der Waals surface area contributed by atoms with Gasteiger partial charge in [-0.05, 0) is 35.0 Å². The number of methoxy groups -OCH3 is 1. The highest BCUT2D eigenvalue weighted by molar-refractivity contribution is 6.02. The van der Waals surface area contributed by atoms with Crippen LogP contribution in [-0.4, -0.2) is 68.1 Å². The lowest BCUT2D eigenvalue weighted by Gasteiger charge is -2.36. The molecule has 226 valence electrons. The molecule has 1 amide bonds. The summed E-state index contributed by atoms with van der Waals surface area (Å²) < 4.78 is 5.75. The molecule has 0 aromatic heterocycles. The average molecular weight is 585 g/mol. The fourth-order valence-corrected chi connectivity index (χ4v) is 5.68. The molecule has 0 radical (unpaired) electrons. The molecule has 2 aliphatic rings. The van der Waals surface area contributed by atoms with Gasteiger partial charge < -0.3 is 30.6 Å². The summed E-state index contributed by atoms with van der Waals surface area (Å²) in [5.41, 5.74) is 5.78. The topological polar surface area (TPSA) is 131 Å². The van der Waals surface area contributed by atoms with Crippen LogP contribution >= 0.6 is 0 Å². The molecule has 11 heteroatoms. The van der Waals surface area contributed by atoms with Gasteiger partial charge in [0.05, 0.1) is 36.8 Å². The Balaban J connectivity index is 1.41.